The maximum absolute atomic E-state index is 11.9. The molecule has 0 spiro atoms. The van der Waals surface area contributed by atoms with E-state index in [1.54, 1.807) is 45.9 Å². The summed E-state index contributed by atoms with van der Waals surface area (Å²) in [6.07, 6.45) is -0.546. The van der Waals surface area contributed by atoms with Crippen molar-refractivity contribution in [3.8, 4) is 5.75 Å². The first-order valence-corrected chi connectivity index (χ1v) is 7.41. The third-order valence-electron chi connectivity index (χ3n) is 2.87. The first-order valence-electron chi connectivity index (χ1n) is 7.01. The monoisotopic (exact) mass is 341 g/mol. The number of methoxy groups -OCH3 is 1. The minimum absolute atomic E-state index is 0.408. The van der Waals surface area contributed by atoms with Crippen LogP contribution in [-0.4, -0.2) is 24.8 Å². The fraction of sp³-hybridized carbons (Fsp3) is 0.467. The summed E-state index contributed by atoms with van der Waals surface area (Å²) in [5, 5.41) is 2.72. The second-order valence-electron chi connectivity index (χ2n) is 5.94. The Bertz CT molecular complexity index is 587. The van der Waals surface area contributed by atoms with Crippen LogP contribution in [0.15, 0.2) is 18.2 Å². The standard InChI is InChI=1S/C15H23N3O4S/c1-9(17-14(20)22-15(2,3)4)11-8-10(18(23)13(16)19)6-7-12(11)21-5/h6-9,23H,1-5H3,(H2,16,19)(H,17,20). The van der Waals surface area contributed by atoms with Gasteiger partial charge in [0.25, 0.3) is 0 Å². The van der Waals surface area contributed by atoms with Gasteiger partial charge in [-0.3, -0.25) is 0 Å². The van der Waals surface area contributed by atoms with E-state index in [-0.39, 0.29) is 0 Å². The molecule has 0 aliphatic rings. The predicted octanol–water partition coefficient (Wildman–Crippen LogP) is 3.01. The lowest BCUT2D eigenvalue weighted by Crippen LogP contribution is -2.34. The molecule has 0 radical (unpaired) electrons. The van der Waals surface area contributed by atoms with Crippen molar-refractivity contribution in [3.05, 3.63) is 23.8 Å². The zero-order valence-electron chi connectivity index (χ0n) is 13.9. The maximum Gasteiger partial charge on any atom is 0.408 e. The van der Waals surface area contributed by atoms with Gasteiger partial charge in [-0.2, -0.15) is 0 Å². The summed E-state index contributed by atoms with van der Waals surface area (Å²) in [4.78, 5) is 23.1. The molecule has 23 heavy (non-hydrogen) atoms. The number of ether oxygens (including phenoxy) is 2. The van der Waals surface area contributed by atoms with Crippen molar-refractivity contribution in [1.82, 2.24) is 5.32 Å². The molecule has 0 bridgehead atoms. The number of alkyl carbamates (subject to hydrolysis) is 1. The normalized spacial score (nSPS) is 12.3. The van der Waals surface area contributed by atoms with Gasteiger partial charge in [-0.05, 0) is 45.9 Å². The number of thiol groups is 1. The van der Waals surface area contributed by atoms with Gasteiger partial charge in [-0.25, -0.2) is 13.9 Å². The molecule has 3 N–H and O–H groups in total. The molecular weight excluding hydrogens is 318 g/mol. The highest BCUT2D eigenvalue weighted by Crippen LogP contribution is 2.30. The van der Waals surface area contributed by atoms with Crippen LogP contribution >= 0.6 is 12.8 Å². The van der Waals surface area contributed by atoms with Gasteiger partial charge < -0.3 is 20.5 Å². The number of anilines is 1. The van der Waals surface area contributed by atoms with Crippen molar-refractivity contribution in [2.24, 2.45) is 5.73 Å². The number of carbonyl (C=O) groups is 2. The number of hydrogen-bond donors (Lipinski definition) is 3. The van der Waals surface area contributed by atoms with E-state index in [0.717, 1.165) is 4.31 Å². The number of urea groups is 1. The topological polar surface area (TPSA) is 93.9 Å². The molecule has 0 aliphatic carbocycles. The van der Waals surface area contributed by atoms with Gasteiger partial charge >= 0.3 is 12.1 Å². The van der Waals surface area contributed by atoms with Crippen molar-refractivity contribution in [2.45, 2.75) is 39.3 Å². The van der Waals surface area contributed by atoms with Crippen LogP contribution in [0.25, 0.3) is 0 Å². The van der Waals surface area contributed by atoms with Crippen LogP contribution in [0.2, 0.25) is 0 Å². The molecule has 0 fully saturated rings. The summed E-state index contributed by atoms with van der Waals surface area (Å²) in [5.74, 6) is 0.559. The summed E-state index contributed by atoms with van der Waals surface area (Å²) in [6, 6.07) is 3.86. The van der Waals surface area contributed by atoms with Gasteiger partial charge in [0.15, 0.2) is 0 Å². The van der Waals surface area contributed by atoms with E-state index in [1.165, 1.54) is 7.11 Å². The van der Waals surface area contributed by atoms with E-state index in [0.29, 0.717) is 17.0 Å². The van der Waals surface area contributed by atoms with Gasteiger partial charge in [0.05, 0.1) is 18.8 Å². The number of benzene rings is 1. The molecule has 1 aromatic carbocycles. The number of hydrogen-bond acceptors (Lipinski definition) is 5. The third-order valence-corrected chi connectivity index (χ3v) is 3.29. The van der Waals surface area contributed by atoms with Gasteiger partial charge in [0.1, 0.15) is 11.4 Å². The molecule has 7 nitrogen and oxygen atoms in total. The number of rotatable bonds is 4. The average molecular weight is 341 g/mol. The Labute approximate surface area is 141 Å². The van der Waals surface area contributed by atoms with Crippen molar-refractivity contribution in [1.29, 1.82) is 0 Å². The number of nitrogens with one attached hydrogen (secondary N) is 1. The van der Waals surface area contributed by atoms with Gasteiger partial charge in [-0.15, -0.1) is 0 Å². The number of carbonyl (C=O) groups excluding carboxylic acids is 2. The number of amides is 3. The van der Waals surface area contributed by atoms with E-state index in [1.807, 2.05) is 0 Å². The van der Waals surface area contributed by atoms with Gasteiger partial charge in [-0.1, -0.05) is 12.8 Å². The molecule has 8 heteroatoms. The van der Waals surface area contributed by atoms with Crippen LogP contribution in [0.3, 0.4) is 0 Å². The molecular formula is C15H23N3O4S. The Balaban J connectivity index is 3.02. The second-order valence-corrected chi connectivity index (χ2v) is 6.34. The largest absolute Gasteiger partial charge is 0.496 e. The van der Waals surface area contributed by atoms with E-state index >= 15 is 0 Å². The third kappa shape index (κ3) is 5.55. The van der Waals surface area contributed by atoms with Crippen LogP contribution < -0.4 is 20.1 Å². The first kappa shape index (κ1) is 19.0. The van der Waals surface area contributed by atoms with Crippen molar-refractivity contribution in [3.63, 3.8) is 0 Å². The van der Waals surface area contributed by atoms with E-state index in [4.69, 9.17) is 15.2 Å². The Morgan fingerprint density at radius 2 is 1.96 bits per heavy atom. The fourth-order valence-corrected chi connectivity index (χ4v) is 2.01. The fourth-order valence-electron chi connectivity index (χ4n) is 1.88. The van der Waals surface area contributed by atoms with E-state index < -0.39 is 23.8 Å². The van der Waals surface area contributed by atoms with Gasteiger partial charge in [0, 0.05) is 5.56 Å². The molecule has 3 amide bonds. The lowest BCUT2D eigenvalue weighted by Gasteiger charge is -2.23. The molecule has 128 valence electrons. The summed E-state index contributed by atoms with van der Waals surface area (Å²) in [5.41, 5.74) is 5.74. The summed E-state index contributed by atoms with van der Waals surface area (Å²) < 4.78 is 11.5. The number of primary amides is 1. The van der Waals surface area contributed by atoms with Crippen LogP contribution in [0.1, 0.15) is 39.3 Å². The van der Waals surface area contributed by atoms with Crippen molar-refractivity contribution < 1.29 is 19.1 Å². The van der Waals surface area contributed by atoms with E-state index in [2.05, 4.69) is 18.1 Å². The summed E-state index contributed by atoms with van der Waals surface area (Å²) >= 11 is 4.03. The first-order chi connectivity index (χ1) is 10.5. The number of nitrogens with zero attached hydrogens (tertiary/aromatic N) is 1. The minimum atomic E-state index is -0.711. The quantitative estimate of drug-likeness (QED) is 0.734. The predicted molar refractivity (Wildman–Crippen MR) is 91.8 cm³/mol. The average Bonchev–Trinajstić information content (AvgIpc) is 2.43. The molecule has 1 rings (SSSR count). The molecule has 0 saturated carbocycles. The van der Waals surface area contributed by atoms with Crippen LogP contribution in [0.5, 0.6) is 5.75 Å². The molecule has 0 aromatic heterocycles. The molecule has 0 heterocycles. The highest BCUT2D eigenvalue weighted by molar-refractivity contribution is 7.82. The lowest BCUT2D eigenvalue weighted by atomic mass is 10.1. The Hall–Kier alpha value is -2.09. The molecule has 0 aliphatic heterocycles. The Morgan fingerprint density at radius 3 is 2.43 bits per heavy atom. The zero-order valence-corrected chi connectivity index (χ0v) is 14.8. The molecule has 1 aromatic rings. The molecule has 1 atom stereocenters. The molecule has 1 unspecified atom stereocenters. The zero-order chi connectivity index (χ0) is 17.8. The van der Waals surface area contributed by atoms with Crippen molar-refractivity contribution in [2.75, 3.05) is 11.4 Å². The Kier molecular flexibility index (Phi) is 6.14. The lowest BCUT2D eigenvalue weighted by molar-refractivity contribution is 0.0507. The minimum Gasteiger partial charge on any atom is -0.496 e. The SMILES string of the molecule is COc1ccc(N(S)C(N)=O)cc1C(C)NC(=O)OC(C)(C)C. The highest BCUT2D eigenvalue weighted by atomic mass is 32.1. The second kappa shape index (κ2) is 7.45. The number of nitrogens with two attached hydrogens (primary N) is 1. The molecule has 0 saturated heterocycles. The summed E-state index contributed by atoms with van der Waals surface area (Å²) in [6.45, 7) is 7.12. The van der Waals surface area contributed by atoms with Crippen molar-refractivity contribution >= 4 is 30.6 Å². The van der Waals surface area contributed by atoms with Crippen LogP contribution in [0, 0.1) is 0 Å². The summed E-state index contributed by atoms with van der Waals surface area (Å²) in [7, 11) is 1.52. The van der Waals surface area contributed by atoms with Crippen LogP contribution in [-0.2, 0) is 4.74 Å². The highest BCUT2D eigenvalue weighted by Gasteiger charge is 2.21. The van der Waals surface area contributed by atoms with E-state index in [9.17, 15) is 9.59 Å². The van der Waals surface area contributed by atoms with Gasteiger partial charge in [0.2, 0.25) is 0 Å². The smallest absolute Gasteiger partial charge is 0.408 e. The Morgan fingerprint density at radius 1 is 1.35 bits per heavy atom. The van der Waals surface area contributed by atoms with Crippen LogP contribution in [0.4, 0.5) is 15.3 Å². The maximum atomic E-state index is 11.9.